The van der Waals surface area contributed by atoms with E-state index in [4.69, 9.17) is 19.9 Å². The Morgan fingerprint density at radius 2 is 0.911 bits per heavy atom. The summed E-state index contributed by atoms with van der Waals surface area (Å²) in [6, 6.07) is 45.9. The SMILES string of the molecule is C1=C(c2nc(-c3ccccc3)nc(-c3ccc(-c4ccccc4)cc3)n2)CCC(c2cccc3nc(-c4ccccc4)sc23)=C1. The number of hydrogen-bond donors (Lipinski definition) is 0. The third-order valence-corrected chi connectivity index (χ3v) is 9.29. The maximum atomic E-state index is 5.01. The van der Waals surface area contributed by atoms with E-state index in [1.807, 2.05) is 42.5 Å². The summed E-state index contributed by atoms with van der Waals surface area (Å²) in [6.07, 6.45) is 6.16. The van der Waals surface area contributed by atoms with E-state index in [0.717, 1.165) is 57.0 Å². The summed E-state index contributed by atoms with van der Waals surface area (Å²) in [4.78, 5) is 19.9. The number of hydrogen-bond acceptors (Lipinski definition) is 5. The highest BCUT2D eigenvalue weighted by Crippen LogP contribution is 2.39. The molecule has 4 nitrogen and oxygen atoms in total. The normalized spacial score (nSPS) is 13.0. The van der Waals surface area contributed by atoms with Crippen LogP contribution in [0.1, 0.15) is 24.2 Å². The lowest BCUT2D eigenvalue weighted by atomic mass is 9.92. The summed E-state index contributed by atoms with van der Waals surface area (Å²) in [7, 11) is 0. The van der Waals surface area contributed by atoms with Crippen molar-refractivity contribution in [3.63, 3.8) is 0 Å². The van der Waals surface area contributed by atoms with Gasteiger partial charge in [-0.15, -0.1) is 11.3 Å². The van der Waals surface area contributed by atoms with Crippen LogP contribution in [0.3, 0.4) is 0 Å². The van der Waals surface area contributed by atoms with Crippen molar-refractivity contribution in [2.24, 2.45) is 0 Å². The molecule has 0 N–H and O–H groups in total. The number of fused-ring (bicyclic) bond motifs is 1. The van der Waals surface area contributed by atoms with Gasteiger partial charge in [-0.2, -0.15) is 0 Å². The van der Waals surface area contributed by atoms with E-state index in [0.29, 0.717) is 11.6 Å². The fraction of sp³-hybridized carbons (Fsp3) is 0.0500. The van der Waals surface area contributed by atoms with Gasteiger partial charge in [0.2, 0.25) is 0 Å². The average Bonchev–Trinajstić information content (AvgIpc) is 3.58. The Kier molecular flexibility index (Phi) is 7.14. The first-order chi connectivity index (χ1) is 22.3. The van der Waals surface area contributed by atoms with E-state index in [2.05, 4.69) is 103 Å². The van der Waals surface area contributed by atoms with Crippen molar-refractivity contribution in [2.75, 3.05) is 0 Å². The Morgan fingerprint density at radius 1 is 0.400 bits per heavy atom. The van der Waals surface area contributed by atoms with Crippen molar-refractivity contribution in [1.29, 1.82) is 0 Å². The Balaban J connectivity index is 1.16. The highest BCUT2D eigenvalue weighted by molar-refractivity contribution is 7.22. The number of aromatic nitrogens is 4. The van der Waals surface area contributed by atoms with Crippen molar-refractivity contribution in [1.82, 2.24) is 19.9 Å². The molecule has 0 bridgehead atoms. The number of allylic oxidation sites excluding steroid dienone is 4. The largest absolute Gasteiger partial charge is 0.236 e. The fourth-order valence-corrected chi connectivity index (χ4v) is 6.88. The van der Waals surface area contributed by atoms with E-state index < -0.39 is 0 Å². The van der Waals surface area contributed by atoms with Crippen LogP contribution in [0, 0.1) is 0 Å². The molecule has 0 aliphatic heterocycles. The Labute approximate surface area is 266 Å². The average molecular weight is 597 g/mol. The molecule has 2 aromatic heterocycles. The van der Waals surface area contributed by atoms with E-state index in [-0.39, 0.29) is 0 Å². The van der Waals surface area contributed by atoms with E-state index in [1.165, 1.54) is 21.4 Å². The van der Waals surface area contributed by atoms with Crippen LogP contribution < -0.4 is 0 Å². The van der Waals surface area contributed by atoms with Crippen LogP contribution in [0.15, 0.2) is 146 Å². The molecule has 0 unspecified atom stereocenters. The predicted molar refractivity (Wildman–Crippen MR) is 186 cm³/mol. The summed E-state index contributed by atoms with van der Waals surface area (Å²) in [5.41, 5.74) is 10.2. The molecule has 0 radical (unpaired) electrons. The highest BCUT2D eigenvalue weighted by Gasteiger charge is 2.19. The summed E-state index contributed by atoms with van der Waals surface area (Å²) < 4.78 is 1.23. The second-order valence-electron chi connectivity index (χ2n) is 11.0. The zero-order chi connectivity index (χ0) is 30.0. The minimum Gasteiger partial charge on any atom is -0.236 e. The van der Waals surface area contributed by atoms with Crippen molar-refractivity contribution >= 4 is 32.7 Å². The van der Waals surface area contributed by atoms with Gasteiger partial charge in [-0.25, -0.2) is 19.9 Å². The van der Waals surface area contributed by atoms with Gasteiger partial charge in [0.05, 0.1) is 10.2 Å². The minimum atomic E-state index is 0.678. The second kappa shape index (κ2) is 11.9. The molecule has 0 atom stereocenters. The molecule has 8 rings (SSSR count). The standard InChI is InChI=1S/C40H28N4S/c1-4-11-27(12-5-1)28-19-23-31(24-20-28)38-42-37(30-13-6-2-7-14-30)43-39(44-38)32-25-21-29(22-26-32)34-17-10-18-35-36(34)45-40(41-35)33-15-8-3-9-16-33/h1-21,23-25H,22,26H2. The summed E-state index contributed by atoms with van der Waals surface area (Å²) >= 11 is 1.76. The van der Waals surface area contributed by atoms with Crippen LogP contribution >= 0.6 is 11.3 Å². The lowest BCUT2D eigenvalue weighted by Crippen LogP contribution is -2.04. The first-order valence-electron chi connectivity index (χ1n) is 15.1. The molecule has 1 aliphatic carbocycles. The molecule has 1 aliphatic rings. The molecule has 0 spiro atoms. The molecule has 0 saturated heterocycles. The van der Waals surface area contributed by atoms with Crippen molar-refractivity contribution in [3.8, 4) is 44.5 Å². The number of thiazole rings is 1. The Morgan fingerprint density at radius 3 is 1.56 bits per heavy atom. The topological polar surface area (TPSA) is 51.6 Å². The first-order valence-corrected chi connectivity index (χ1v) is 15.9. The number of rotatable bonds is 6. The number of nitrogens with zero attached hydrogens (tertiary/aromatic N) is 4. The molecular weight excluding hydrogens is 569 g/mol. The monoisotopic (exact) mass is 596 g/mol. The van der Waals surface area contributed by atoms with Crippen LogP contribution in [0.5, 0.6) is 0 Å². The fourth-order valence-electron chi connectivity index (χ4n) is 5.76. The van der Waals surface area contributed by atoms with Gasteiger partial charge in [-0.05, 0) is 46.7 Å². The third kappa shape index (κ3) is 5.50. The van der Waals surface area contributed by atoms with Gasteiger partial charge >= 0.3 is 0 Å². The van der Waals surface area contributed by atoms with Crippen LogP contribution in [0.25, 0.3) is 65.8 Å². The Hall–Kier alpha value is -5.52. The zero-order valence-corrected chi connectivity index (χ0v) is 25.3. The van der Waals surface area contributed by atoms with Gasteiger partial charge in [0.1, 0.15) is 5.01 Å². The lowest BCUT2D eigenvalue weighted by Gasteiger charge is -2.16. The molecule has 0 fully saturated rings. The quantitative estimate of drug-likeness (QED) is 0.192. The van der Waals surface area contributed by atoms with Gasteiger partial charge in [-0.1, -0.05) is 140 Å². The van der Waals surface area contributed by atoms with E-state index in [9.17, 15) is 0 Å². The minimum absolute atomic E-state index is 0.678. The third-order valence-electron chi connectivity index (χ3n) is 8.14. The van der Waals surface area contributed by atoms with Crippen molar-refractivity contribution in [2.45, 2.75) is 12.8 Å². The second-order valence-corrected chi connectivity index (χ2v) is 12.0. The first kappa shape index (κ1) is 27.1. The van der Waals surface area contributed by atoms with Gasteiger partial charge in [-0.3, -0.25) is 0 Å². The molecule has 5 aromatic carbocycles. The highest BCUT2D eigenvalue weighted by atomic mass is 32.1. The van der Waals surface area contributed by atoms with Gasteiger partial charge in [0.25, 0.3) is 0 Å². The maximum absolute atomic E-state index is 5.01. The molecule has 7 aromatic rings. The summed E-state index contributed by atoms with van der Waals surface area (Å²) in [5, 5.41) is 1.05. The maximum Gasteiger partial charge on any atom is 0.164 e. The molecular formula is C40H28N4S. The van der Waals surface area contributed by atoms with Gasteiger partial charge in [0, 0.05) is 16.7 Å². The summed E-state index contributed by atoms with van der Waals surface area (Å²) in [5.74, 6) is 2.09. The van der Waals surface area contributed by atoms with Crippen molar-refractivity contribution in [3.05, 3.63) is 157 Å². The molecule has 45 heavy (non-hydrogen) atoms. The van der Waals surface area contributed by atoms with Crippen LogP contribution in [-0.4, -0.2) is 19.9 Å². The predicted octanol–water partition coefficient (Wildman–Crippen LogP) is 10.4. The van der Waals surface area contributed by atoms with E-state index in [1.54, 1.807) is 11.3 Å². The van der Waals surface area contributed by atoms with Crippen molar-refractivity contribution < 1.29 is 0 Å². The molecule has 0 amide bonds. The Bertz CT molecular complexity index is 2180. The molecule has 214 valence electrons. The molecule has 5 heteroatoms. The van der Waals surface area contributed by atoms with Crippen LogP contribution in [-0.2, 0) is 0 Å². The number of benzene rings is 5. The molecule has 2 heterocycles. The zero-order valence-electron chi connectivity index (χ0n) is 24.5. The summed E-state index contributed by atoms with van der Waals surface area (Å²) in [6.45, 7) is 0. The smallest absolute Gasteiger partial charge is 0.164 e. The van der Waals surface area contributed by atoms with Gasteiger partial charge < -0.3 is 0 Å². The molecule has 0 saturated carbocycles. The van der Waals surface area contributed by atoms with Gasteiger partial charge in [0.15, 0.2) is 17.5 Å². The lowest BCUT2D eigenvalue weighted by molar-refractivity contribution is 0.985. The van der Waals surface area contributed by atoms with Crippen LogP contribution in [0.4, 0.5) is 0 Å². The van der Waals surface area contributed by atoms with Crippen LogP contribution in [0.2, 0.25) is 0 Å². The van der Waals surface area contributed by atoms with E-state index >= 15 is 0 Å².